The first-order valence-corrected chi connectivity index (χ1v) is 6.95. The Morgan fingerprint density at radius 3 is 2.47 bits per heavy atom. The molecule has 0 aromatic carbocycles. The molecule has 0 unspecified atom stereocenters. The maximum absolute atomic E-state index is 11.3. The second kappa shape index (κ2) is 6.83. The predicted molar refractivity (Wildman–Crippen MR) is 69.6 cm³/mol. The number of hydrogen-bond donors (Lipinski definition) is 1. The molecule has 4 nitrogen and oxygen atoms in total. The zero-order chi connectivity index (χ0) is 13.2. The van der Waals surface area contributed by atoms with Crippen LogP contribution in [0.4, 0.5) is 0 Å². The van der Waals surface area contributed by atoms with Crippen LogP contribution in [0, 0.1) is 0 Å². The molecule has 0 heterocycles. The molecule has 0 fully saturated rings. The first kappa shape index (κ1) is 16.6. The maximum Gasteiger partial charge on any atom is 1.00 e. The minimum atomic E-state index is -4.18. The third-order valence-corrected chi connectivity index (χ3v) is 3.74. The van der Waals surface area contributed by atoms with E-state index in [0.717, 1.165) is 11.1 Å². The van der Waals surface area contributed by atoms with E-state index >= 15 is 0 Å². The monoisotopic (exact) mass is 290 g/mol. The average Bonchev–Trinajstić information content (AvgIpc) is 2.63. The van der Waals surface area contributed by atoms with Crippen molar-refractivity contribution in [3.63, 3.8) is 0 Å². The second-order valence-electron chi connectivity index (χ2n) is 3.99. The summed E-state index contributed by atoms with van der Waals surface area (Å²) in [6, 6.07) is 10.4. The zero-order valence-corrected chi connectivity index (χ0v) is 13.8. The van der Waals surface area contributed by atoms with Crippen LogP contribution in [0.2, 0.25) is 0 Å². The Hall–Kier alpha value is -0.430. The summed E-state index contributed by atoms with van der Waals surface area (Å²) >= 11 is 0. The molecule has 2 aliphatic carbocycles. The molecule has 6 heteroatoms. The van der Waals surface area contributed by atoms with Crippen molar-refractivity contribution in [3.05, 3.63) is 42.0 Å². The standard InChI is InChI=1S/C13H14O4S.Na.H/c1-17-9-8-10-4-2-3-5-12-11(10)6-7-13(12)18(14,15)16;;/h2-7H,8-9H2,1H3,(H,14,15,16);;/q;+1;-1. The average molecular weight is 290 g/mol. The van der Waals surface area contributed by atoms with Gasteiger partial charge >= 0.3 is 29.6 Å². The summed E-state index contributed by atoms with van der Waals surface area (Å²) in [6.45, 7) is 0.561. The van der Waals surface area contributed by atoms with E-state index in [1.165, 1.54) is 6.07 Å². The van der Waals surface area contributed by atoms with Gasteiger partial charge in [0.05, 0.1) is 6.61 Å². The Kier molecular flexibility index (Phi) is 5.98. The summed E-state index contributed by atoms with van der Waals surface area (Å²) < 4.78 is 36.7. The van der Waals surface area contributed by atoms with Crippen molar-refractivity contribution >= 4 is 10.1 Å². The van der Waals surface area contributed by atoms with Gasteiger partial charge in [0.15, 0.2) is 0 Å². The van der Waals surface area contributed by atoms with Crippen molar-refractivity contribution in [1.82, 2.24) is 0 Å². The number of hydrogen-bond acceptors (Lipinski definition) is 3. The molecule has 2 aliphatic rings. The SMILES string of the molecule is COCCc1ccccc2c(S(=O)(=O)O)ccc1-2.[H-].[Na+]. The van der Waals surface area contributed by atoms with Crippen LogP contribution in [0.1, 0.15) is 6.99 Å². The molecule has 0 atom stereocenters. The van der Waals surface area contributed by atoms with E-state index < -0.39 is 10.1 Å². The molecule has 98 valence electrons. The van der Waals surface area contributed by atoms with Crippen LogP contribution in [0.15, 0.2) is 41.3 Å². The smallest absolute Gasteiger partial charge is 1.00 e. The van der Waals surface area contributed by atoms with E-state index in [-0.39, 0.29) is 35.9 Å². The van der Waals surface area contributed by atoms with Gasteiger partial charge < -0.3 is 6.16 Å². The van der Waals surface area contributed by atoms with Crippen molar-refractivity contribution < 1.29 is 48.7 Å². The van der Waals surface area contributed by atoms with Crippen LogP contribution < -0.4 is 29.6 Å². The maximum atomic E-state index is 11.3. The van der Waals surface area contributed by atoms with Crippen molar-refractivity contribution in [2.45, 2.75) is 11.3 Å². The van der Waals surface area contributed by atoms with E-state index in [9.17, 15) is 13.0 Å². The van der Waals surface area contributed by atoms with Crippen molar-refractivity contribution in [2.24, 2.45) is 0 Å². The minimum absolute atomic E-state index is 0. The Labute approximate surface area is 136 Å². The van der Waals surface area contributed by atoms with Gasteiger partial charge in [-0.05, 0) is 23.6 Å². The summed E-state index contributed by atoms with van der Waals surface area (Å²) in [7, 11) is -2.56. The van der Waals surface area contributed by atoms with Crippen LogP contribution in [0.3, 0.4) is 0 Å². The van der Waals surface area contributed by atoms with E-state index in [1.54, 1.807) is 25.3 Å². The van der Waals surface area contributed by atoms with Gasteiger partial charge in [0.25, 0.3) is 10.1 Å². The molecule has 0 saturated heterocycles. The molecule has 0 aliphatic heterocycles. The first-order chi connectivity index (χ1) is 8.54. The molecule has 0 saturated carbocycles. The Morgan fingerprint density at radius 1 is 1.16 bits per heavy atom. The Bertz CT molecular complexity index is 630. The fraction of sp³-hybridized carbons (Fsp3) is 0.231. The molecule has 0 radical (unpaired) electrons. The van der Waals surface area contributed by atoms with E-state index in [2.05, 4.69) is 0 Å². The van der Waals surface area contributed by atoms with Crippen molar-refractivity contribution in [2.75, 3.05) is 13.7 Å². The summed E-state index contributed by atoms with van der Waals surface area (Å²) in [4.78, 5) is -0.0487. The minimum Gasteiger partial charge on any atom is -1.00 e. The number of rotatable bonds is 4. The Balaban J connectivity index is 0.00000180. The molecule has 0 aromatic heterocycles. The topological polar surface area (TPSA) is 63.6 Å². The summed E-state index contributed by atoms with van der Waals surface area (Å²) in [5.74, 6) is 0. The molecular weight excluding hydrogens is 275 g/mol. The number of methoxy groups -OCH3 is 1. The summed E-state index contributed by atoms with van der Waals surface area (Å²) in [5, 5.41) is 0. The van der Waals surface area contributed by atoms with Gasteiger partial charge in [-0.15, -0.1) is 0 Å². The van der Waals surface area contributed by atoms with Crippen LogP contribution in [-0.2, 0) is 21.3 Å². The quantitative estimate of drug-likeness (QED) is 0.600. The van der Waals surface area contributed by atoms with Gasteiger partial charge in [-0.3, -0.25) is 4.55 Å². The molecule has 0 aromatic rings. The third kappa shape index (κ3) is 3.78. The van der Waals surface area contributed by atoms with Crippen LogP contribution in [-0.4, -0.2) is 26.7 Å². The number of ether oxygens (including phenoxy) is 1. The molecular formula is C13H15NaO4S. The van der Waals surface area contributed by atoms with Gasteiger partial charge in [-0.1, -0.05) is 30.3 Å². The molecule has 0 spiro atoms. The zero-order valence-electron chi connectivity index (χ0n) is 12.0. The predicted octanol–water partition coefficient (Wildman–Crippen LogP) is -0.656. The van der Waals surface area contributed by atoms with Crippen molar-refractivity contribution in [1.29, 1.82) is 0 Å². The second-order valence-corrected chi connectivity index (χ2v) is 5.38. The van der Waals surface area contributed by atoms with E-state index in [0.29, 0.717) is 18.6 Å². The van der Waals surface area contributed by atoms with Gasteiger partial charge in [-0.25, -0.2) is 0 Å². The summed E-state index contributed by atoms with van der Waals surface area (Å²) in [5.41, 5.74) is 2.35. The van der Waals surface area contributed by atoms with Gasteiger partial charge in [0.2, 0.25) is 0 Å². The van der Waals surface area contributed by atoms with Gasteiger partial charge in [0, 0.05) is 12.7 Å². The normalized spacial score (nSPS) is 11.3. The summed E-state index contributed by atoms with van der Waals surface area (Å²) in [6.07, 6.45) is 0.691. The molecule has 1 N–H and O–H groups in total. The van der Waals surface area contributed by atoms with Crippen LogP contribution >= 0.6 is 0 Å². The molecule has 0 amide bonds. The molecule has 19 heavy (non-hydrogen) atoms. The first-order valence-electron chi connectivity index (χ1n) is 5.51. The van der Waals surface area contributed by atoms with Gasteiger partial charge in [-0.2, -0.15) is 8.42 Å². The van der Waals surface area contributed by atoms with Crippen molar-refractivity contribution in [3.8, 4) is 11.1 Å². The largest absolute Gasteiger partial charge is 1.00 e. The van der Waals surface area contributed by atoms with Crippen LogP contribution in [0.25, 0.3) is 11.1 Å². The number of fused-ring (bicyclic) bond motifs is 1. The van der Waals surface area contributed by atoms with E-state index in [1.807, 2.05) is 12.1 Å². The Morgan fingerprint density at radius 2 is 1.84 bits per heavy atom. The van der Waals surface area contributed by atoms with Crippen LogP contribution in [0.5, 0.6) is 0 Å². The third-order valence-electron chi connectivity index (χ3n) is 2.83. The molecule has 2 rings (SSSR count). The fourth-order valence-electron chi connectivity index (χ4n) is 1.99. The van der Waals surface area contributed by atoms with Gasteiger partial charge in [0.1, 0.15) is 4.90 Å². The fourth-order valence-corrected chi connectivity index (χ4v) is 2.69. The molecule has 0 bridgehead atoms. The van der Waals surface area contributed by atoms with E-state index in [4.69, 9.17) is 4.74 Å².